The minimum absolute atomic E-state index is 0.0571. The van der Waals surface area contributed by atoms with Crippen LogP contribution in [0.25, 0.3) is 0 Å². The first-order valence-electron chi connectivity index (χ1n) is 8.57. The summed E-state index contributed by atoms with van der Waals surface area (Å²) >= 11 is 6.23. The van der Waals surface area contributed by atoms with E-state index in [9.17, 15) is 13.2 Å². The second kappa shape index (κ2) is 8.46. The number of halogens is 1. The van der Waals surface area contributed by atoms with Crippen LogP contribution in [0.5, 0.6) is 0 Å². The molecule has 1 N–H and O–H groups in total. The SMILES string of the molecule is CNC(=O)c1ccc(Cl)c(S(=O)(=O)N(Cc2ccccc2)c2ccccc2)c1. The van der Waals surface area contributed by atoms with Gasteiger partial charge in [-0.15, -0.1) is 0 Å². The molecule has 0 bridgehead atoms. The number of para-hydroxylation sites is 1. The molecule has 0 fully saturated rings. The number of hydrogen-bond donors (Lipinski definition) is 1. The third-order valence-electron chi connectivity index (χ3n) is 4.20. The van der Waals surface area contributed by atoms with Gasteiger partial charge >= 0.3 is 0 Å². The molecule has 5 nitrogen and oxygen atoms in total. The zero-order valence-electron chi connectivity index (χ0n) is 15.2. The van der Waals surface area contributed by atoms with E-state index < -0.39 is 10.0 Å². The lowest BCUT2D eigenvalue weighted by Crippen LogP contribution is -2.31. The fourth-order valence-electron chi connectivity index (χ4n) is 2.76. The first kappa shape index (κ1) is 19.9. The van der Waals surface area contributed by atoms with Crippen molar-refractivity contribution in [3.63, 3.8) is 0 Å². The minimum atomic E-state index is -4.03. The van der Waals surface area contributed by atoms with E-state index in [0.717, 1.165) is 5.56 Å². The van der Waals surface area contributed by atoms with Gasteiger partial charge in [0.25, 0.3) is 15.9 Å². The van der Waals surface area contributed by atoms with Gasteiger partial charge in [0.05, 0.1) is 17.3 Å². The Bertz CT molecular complexity index is 1070. The van der Waals surface area contributed by atoms with Crippen molar-refractivity contribution >= 4 is 33.2 Å². The molecule has 144 valence electrons. The molecular formula is C21H19ClN2O3S. The van der Waals surface area contributed by atoms with E-state index in [1.165, 1.54) is 29.6 Å². The van der Waals surface area contributed by atoms with Crippen molar-refractivity contribution in [1.82, 2.24) is 5.32 Å². The van der Waals surface area contributed by atoms with Gasteiger partial charge in [-0.1, -0.05) is 60.1 Å². The van der Waals surface area contributed by atoms with E-state index >= 15 is 0 Å². The quantitative estimate of drug-likeness (QED) is 0.660. The summed E-state index contributed by atoms with van der Waals surface area (Å²) in [7, 11) is -2.54. The molecule has 0 atom stereocenters. The summed E-state index contributed by atoms with van der Waals surface area (Å²) in [6, 6.07) is 22.3. The molecule has 28 heavy (non-hydrogen) atoms. The summed E-state index contributed by atoms with van der Waals surface area (Å²) in [5.41, 5.74) is 1.56. The van der Waals surface area contributed by atoms with Gasteiger partial charge in [-0.05, 0) is 35.9 Å². The molecule has 3 aromatic carbocycles. The number of rotatable bonds is 6. The number of nitrogens with one attached hydrogen (secondary N) is 1. The van der Waals surface area contributed by atoms with Gasteiger partial charge in [0, 0.05) is 12.6 Å². The topological polar surface area (TPSA) is 66.5 Å². The lowest BCUT2D eigenvalue weighted by Gasteiger charge is -2.25. The molecule has 0 aromatic heterocycles. The lowest BCUT2D eigenvalue weighted by atomic mass is 10.2. The molecule has 0 unspecified atom stereocenters. The van der Waals surface area contributed by atoms with Gasteiger partial charge in [-0.3, -0.25) is 9.10 Å². The Hall–Kier alpha value is -2.83. The molecule has 0 saturated heterocycles. The Balaban J connectivity index is 2.12. The van der Waals surface area contributed by atoms with Crippen molar-refractivity contribution in [3.8, 4) is 0 Å². The van der Waals surface area contributed by atoms with Crippen molar-refractivity contribution in [3.05, 3.63) is 95.0 Å². The van der Waals surface area contributed by atoms with Gasteiger partial charge in [0.1, 0.15) is 4.90 Å². The summed E-state index contributed by atoms with van der Waals surface area (Å²) < 4.78 is 28.4. The van der Waals surface area contributed by atoms with Crippen LogP contribution in [-0.4, -0.2) is 21.4 Å². The number of nitrogens with zero attached hydrogens (tertiary/aromatic N) is 1. The maximum Gasteiger partial charge on any atom is 0.266 e. The van der Waals surface area contributed by atoms with Crippen LogP contribution in [-0.2, 0) is 16.6 Å². The molecule has 1 amide bonds. The number of benzene rings is 3. The Kier molecular flexibility index (Phi) is 6.02. The highest BCUT2D eigenvalue weighted by molar-refractivity contribution is 7.93. The molecule has 0 aliphatic carbocycles. The van der Waals surface area contributed by atoms with Crippen LogP contribution in [0.4, 0.5) is 5.69 Å². The van der Waals surface area contributed by atoms with Gasteiger partial charge in [-0.2, -0.15) is 0 Å². The second-order valence-corrected chi connectivity index (χ2v) is 8.30. The molecular weight excluding hydrogens is 396 g/mol. The number of amides is 1. The lowest BCUT2D eigenvalue weighted by molar-refractivity contribution is 0.0963. The summed E-state index contributed by atoms with van der Waals surface area (Å²) in [6.07, 6.45) is 0. The molecule has 0 radical (unpaired) electrons. The minimum Gasteiger partial charge on any atom is -0.355 e. The number of sulfonamides is 1. The van der Waals surface area contributed by atoms with Crippen molar-refractivity contribution in [2.75, 3.05) is 11.4 Å². The fourth-order valence-corrected chi connectivity index (χ4v) is 4.72. The zero-order chi connectivity index (χ0) is 20.1. The monoisotopic (exact) mass is 414 g/mol. The van der Waals surface area contributed by atoms with E-state index in [2.05, 4.69) is 5.32 Å². The first-order chi connectivity index (χ1) is 13.4. The van der Waals surface area contributed by atoms with E-state index in [-0.39, 0.29) is 27.9 Å². The van der Waals surface area contributed by atoms with E-state index in [4.69, 9.17) is 11.6 Å². The largest absolute Gasteiger partial charge is 0.355 e. The highest BCUT2D eigenvalue weighted by Gasteiger charge is 2.28. The Morgan fingerprint density at radius 2 is 1.57 bits per heavy atom. The van der Waals surface area contributed by atoms with Gasteiger partial charge in [0.2, 0.25) is 0 Å². The third kappa shape index (κ3) is 4.18. The molecule has 0 aliphatic heterocycles. The van der Waals surface area contributed by atoms with Crippen LogP contribution in [0.2, 0.25) is 5.02 Å². The molecule has 0 saturated carbocycles. The van der Waals surface area contributed by atoms with Crippen LogP contribution in [0.15, 0.2) is 83.8 Å². The maximum atomic E-state index is 13.5. The average Bonchev–Trinajstić information content (AvgIpc) is 2.73. The van der Waals surface area contributed by atoms with Crippen LogP contribution < -0.4 is 9.62 Å². The van der Waals surface area contributed by atoms with Crippen LogP contribution in [0.1, 0.15) is 15.9 Å². The van der Waals surface area contributed by atoms with Crippen LogP contribution >= 0.6 is 11.6 Å². The van der Waals surface area contributed by atoms with Crippen molar-refractivity contribution < 1.29 is 13.2 Å². The summed E-state index contributed by atoms with van der Waals surface area (Å²) in [5, 5.41) is 2.55. The van der Waals surface area contributed by atoms with Crippen molar-refractivity contribution in [1.29, 1.82) is 0 Å². The number of carbonyl (C=O) groups is 1. The highest BCUT2D eigenvalue weighted by atomic mass is 35.5. The fraction of sp³-hybridized carbons (Fsp3) is 0.0952. The second-order valence-electron chi connectivity index (χ2n) is 6.06. The van der Waals surface area contributed by atoms with Crippen molar-refractivity contribution in [2.24, 2.45) is 0 Å². The average molecular weight is 415 g/mol. The number of carbonyl (C=O) groups excluding carboxylic acids is 1. The van der Waals surface area contributed by atoms with E-state index in [1.807, 2.05) is 36.4 Å². The normalized spacial score (nSPS) is 11.1. The summed E-state index contributed by atoms with van der Waals surface area (Å²) in [6.45, 7) is 0.133. The smallest absolute Gasteiger partial charge is 0.266 e. The molecule has 0 aliphatic rings. The summed E-state index contributed by atoms with van der Waals surface area (Å²) in [4.78, 5) is 11.9. The maximum absolute atomic E-state index is 13.5. The molecule has 0 heterocycles. The summed E-state index contributed by atoms with van der Waals surface area (Å²) in [5.74, 6) is -0.387. The molecule has 3 rings (SSSR count). The van der Waals surface area contributed by atoms with Crippen LogP contribution in [0, 0.1) is 0 Å². The molecule has 0 spiro atoms. The van der Waals surface area contributed by atoms with E-state index in [1.54, 1.807) is 24.3 Å². The Labute approximate surface area is 169 Å². The van der Waals surface area contributed by atoms with E-state index in [0.29, 0.717) is 5.69 Å². The third-order valence-corrected chi connectivity index (χ3v) is 6.46. The number of anilines is 1. The molecule has 3 aromatic rings. The van der Waals surface area contributed by atoms with Gasteiger partial charge in [-0.25, -0.2) is 8.42 Å². The predicted octanol–water partition coefficient (Wildman–Crippen LogP) is 4.10. The zero-order valence-corrected chi connectivity index (χ0v) is 16.7. The van der Waals surface area contributed by atoms with Gasteiger partial charge in [0.15, 0.2) is 0 Å². The Morgan fingerprint density at radius 1 is 0.964 bits per heavy atom. The van der Waals surface area contributed by atoms with Gasteiger partial charge < -0.3 is 5.32 Å². The molecule has 7 heteroatoms. The standard InChI is InChI=1S/C21H19ClN2O3S/c1-23-21(25)17-12-13-19(22)20(14-17)28(26,27)24(18-10-6-3-7-11-18)15-16-8-4-2-5-9-16/h2-14H,15H2,1H3,(H,23,25). The first-order valence-corrected chi connectivity index (χ1v) is 10.4. The highest BCUT2D eigenvalue weighted by Crippen LogP contribution is 2.30. The Morgan fingerprint density at radius 3 is 2.18 bits per heavy atom. The van der Waals surface area contributed by atoms with Crippen LogP contribution in [0.3, 0.4) is 0 Å². The number of hydrogen-bond acceptors (Lipinski definition) is 3. The van der Waals surface area contributed by atoms with Crippen molar-refractivity contribution in [2.45, 2.75) is 11.4 Å². The predicted molar refractivity (Wildman–Crippen MR) is 111 cm³/mol.